The van der Waals surface area contributed by atoms with E-state index in [4.69, 9.17) is 0 Å². The van der Waals surface area contributed by atoms with Crippen LogP contribution in [0.25, 0.3) is 0 Å². The summed E-state index contributed by atoms with van der Waals surface area (Å²) in [6, 6.07) is 0. The molecule has 0 unspecified atom stereocenters. The van der Waals surface area contributed by atoms with Crippen LogP contribution in [0.4, 0.5) is 0 Å². The molecular formula is C14H18O2. The lowest BCUT2D eigenvalue weighted by Crippen LogP contribution is -2.50. The minimum absolute atomic E-state index is 0.0492. The zero-order valence-electron chi connectivity index (χ0n) is 9.90. The highest BCUT2D eigenvalue weighted by Gasteiger charge is 2.52. The molecule has 16 heavy (non-hydrogen) atoms. The van der Waals surface area contributed by atoms with Crippen LogP contribution in [0.2, 0.25) is 0 Å². The molecule has 0 heterocycles. The third-order valence-electron chi connectivity index (χ3n) is 4.14. The first-order valence-electron chi connectivity index (χ1n) is 5.83. The second kappa shape index (κ2) is 3.69. The van der Waals surface area contributed by atoms with Gasteiger partial charge in [0.1, 0.15) is 11.6 Å². The zero-order valence-corrected chi connectivity index (χ0v) is 9.90. The molecule has 2 heteroatoms. The molecule has 2 nitrogen and oxygen atoms in total. The van der Waals surface area contributed by atoms with Crippen molar-refractivity contribution in [2.24, 2.45) is 23.2 Å². The highest BCUT2D eigenvalue weighted by atomic mass is 16.1. The van der Waals surface area contributed by atoms with Gasteiger partial charge in [-0.1, -0.05) is 25.2 Å². The van der Waals surface area contributed by atoms with Crippen LogP contribution in [-0.2, 0) is 9.59 Å². The van der Waals surface area contributed by atoms with Crippen molar-refractivity contribution in [3.05, 3.63) is 24.8 Å². The normalized spacial score (nSPS) is 41.1. The molecule has 0 aromatic heterocycles. The molecule has 2 bridgehead atoms. The van der Waals surface area contributed by atoms with Crippen LogP contribution >= 0.6 is 0 Å². The van der Waals surface area contributed by atoms with Crippen LogP contribution in [0.5, 0.6) is 0 Å². The van der Waals surface area contributed by atoms with Crippen molar-refractivity contribution in [2.75, 3.05) is 0 Å². The SMILES string of the molecule is C=C[C@H]1C[C@H]2C=C[C@H]1C(=O)[C@]2(C)CC(C)=O. The maximum absolute atomic E-state index is 12.4. The number of hydrogen-bond acceptors (Lipinski definition) is 2. The van der Waals surface area contributed by atoms with Gasteiger partial charge in [-0.15, -0.1) is 6.58 Å². The predicted molar refractivity (Wildman–Crippen MR) is 62.8 cm³/mol. The van der Waals surface area contributed by atoms with Crippen molar-refractivity contribution in [3.63, 3.8) is 0 Å². The minimum Gasteiger partial charge on any atom is -0.300 e. The van der Waals surface area contributed by atoms with Gasteiger partial charge in [0.2, 0.25) is 0 Å². The van der Waals surface area contributed by atoms with E-state index in [9.17, 15) is 9.59 Å². The van der Waals surface area contributed by atoms with Gasteiger partial charge < -0.3 is 0 Å². The van der Waals surface area contributed by atoms with Gasteiger partial charge in [-0.05, 0) is 25.2 Å². The minimum atomic E-state index is -0.467. The van der Waals surface area contributed by atoms with E-state index in [1.54, 1.807) is 6.92 Å². The van der Waals surface area contributed by atoms with Crippen LogP contribution in [0.3, 0.4) is 0 Å². The Bertz CT molecular complexity index is 380. The van der Waals surface area contributed by atoms with Crippen LogP contribution in [0.1, 0.15) is 26.7 Å². The van der Waals surface area contributed by atoms with Gasteiger partial charge in [0.15, 0.2) is 0 Å². The molecule has 3 aliphatic carbocycles. The zero-order chi connectivity index (χ0) is 11.9. The van der Waals surface area contributed by atoms with Crippen molar-refractivity contribution in [1.82, 2.24) is 0 Å². The fourth-order valence-electron chi connectivity index (χ4n) is 3.21. The third-order valence-corrected chi connectivity index (χ3v) is 4.14. The number of fused-ring (bicyclic) bond motifs is 2. The van der Waals surface area contributed by atoms with E-state index in [1.165, 1.54) is 0 Å². The van der Waals surface area contributed by atoms with E-state index in [0.29, 0.717) is 6.42 Å². The largest absolute Gasteiger partial charge is 0.300 e. The van der Waals surface area contributed by atoms with E-state index in [-0.39, 0.29) is 29.3 Å². The molecule has 0 amide bonds. The summed E-state index contributed by atoms with van der Waals surface area (Å²) in [5, 5.41) is 0. The molecule has 86 valence electrons. The molecule has 0 aromatic carbocycles. The summed E-state index contributed by atoms with van der Waals surface area (Å²) in [5.74, 6) is 0.754. The van der Waals surface area contributed by atoms with Crippen molar-refractivity contribution in [3.8, 4) is 0 Å². The quantitative estimate of drug-likeness (QED) is 0.682. The molecule has 1 saturated carbocycles. The average Bonchev–Trinajstić information content (AvgIpc) is 2.24. The van der Waals surface area contributed by atoms with Gasteiger partial charge in [0.05, 0.1) is 0 Å². The number of allylic oxidation sites excluding steroid dienone is 3. The molecule has 0 N–H and O–H groups in total. The Morgan fingerprint density at radius 2 is 2.31 bits per heavy atom. The number of rotatable bonds is 3. The monoisotopic (exact) mass is 218 g/mol. The summed E-state index contributed by atoms with van der Waals surface area (Å²) in [6.45, 7) is 7.30. The summed E-state index contributed by atoms with van der Waals surface area (Å²) < 4.78 is 0. The fourth-order valence-corrected chi connectivity index (χ4v) is 3.21. The van der Waals surface area contributed by atoms with Crippen LogP contribution in [-0.4, -0.2) is 11.6 Å². The molecule has 3 aliphatic rings. The maximum Gasteiger partial charge on any atom is 0.147 e. The second-order valence-electron chi connectivity index (χ2n) is 5.31. The lowest BCUT2D eigenvalue weighted by atomic mass is 9.54. The highest BCUT2D eigenvalue weighted by molar-refractivity contribution is 5.95. The molecule has 0 spiro atoms. The van der Waals surface area contributed by atoms with Gasteiger partial charge in [-0.25, -0.2) is 0 Å². The number of carbonyl (C=O) groups is 2. The first-order chi connectivity index (χ1) is 7.49. The molecule has 0 aliphatic heterocycles. The Hall–Kier alpha value is -1.18. The van der Waals surface area contributed by atoms with Gasteiger partial charge in [-0.2, -0.15) is 0 Å². The van der Waals surface area contributed by atoms with E-state index in [0.717, 1.165) is 6.42 Å². The Balaban J connectivity index is 2.33. The summed E-state index contributed by atoms with van der Waals surface area (Å²) in [5.41, 5.74) is -0.467. The highest BCUT2D eigenvalue weighted by Crippen LogP contribution is 2.50. The van der Waals surface area contributed by atoms with Crippen molar-refractivity contribution in [1.29, 1.82) is 0 Å². The number of ketones is 2. The molecular weight excluding hydrogens is 200 g/mol. The van der Waals surface area contributed by atoms with Gasteiger partial charge in [-0.3, -0.25) is 9.59 Å². The first kappa shape index (κ1) is 11.3. The summed E-state index contributed by atoms with van der Waals surface area (Å²) in [7, 11) is 0. The van der Waals surface area contributed by atoms with E-state index < -0.39 is 5.41 Å². The topological polar surface area (TPSA) is 34.1 Å². The smallest absolute Gasteiger partial charge is 0.147 e. The van der Waals surface area contributed by atoms with E-state index in [2.05, 4.69) is 12.7 Å². The molecule has 0 radical (unpaired) electrons. The van der Waals surface area contributed by atoms with Crippen LogP contribution < -0.4 is 0 Å². The Labute approximate surface area is 96.4 Å². The van der Waals surface area contributed by atoms with Crippen LogP contribution in [0, 0.1) is 23.2 Å². The third kappa shape index (κ3) is 1.48. The van der Waals surface area contributed by atoms with Gasteiger partial charge in [0.25, 0.3) is 0 Å². The maximum atomic E-state index is 12.4. The van der Waals surface area contributed by atoms with E-state index in [1.807, 2.05) is 19.1 Å². The van der Waals surface area contributed by atoms with Gasteiger partial charge in [0, 0.05) is 17.8 Å². The summed E-state index contributed by atoms with van der Waals surface area (Å²) in [4.78, 5) is 23.7. The summed E-state index contributed by atoms with van der Waals surface area (Å²) in [6.07, 6.45) is 7.34. The number of Topliss-reactive ketones (excluding diaryl/α,β-unsaturated/α-hetero) is 2. The van der Waals surface area contributed by atoms with Gasteiger partial charge >= 0.3 is 0 Å². The molecule has 3 rings (SSSR count). The van der Waals surface area contributed by atoms with Crippen molar-refractivity contribution < 1.29 is 9.59 Å². The van der Waals surface area contributed by atoms with E-state index >= 15 is 0 Å². The lowest BCUT2D eigenvalue weighted by molar-refractivity contribution is -0.142. The molecule has 1 fully saturated rings. The molecule has 0 aromatic rings. The Kier molecular flexibility index (Phi) is 2.61. The summed E-state index contributed by atoms with van der Waals surface area (Å²) >= 11 is 0. The lowest BCUT2D eigenvalue weighted by Gasteiger charge is -2.47. The standard InChI is InChI=1S/C14H18O2/c1-4-10-7-11-5-6-12(10)13(16)14(11,3)8-9(2)15/h4-6,10-12H,1,7-8H2,2-3H3/t10-,11+,12+,14+/m0/s1. The first-order valence-corrected chi connectivity index (χ1v) is 5.83. The molecule has 4 atom stereocenters. The number of hydrogen-bond donors (Lipinski definition) is 0. The van der Waals surface area contributed by atoms with Crippen LogP contribution in [0.15, 0.2) is 24.8 Å². The average molecular weight is 218 g/mol. The Morgan fingerprint density at radius 3 is 2.81 bits per heavy atom. The second-order valence-corrected chi connectivity index (χ2v) is 5.31. The van der Waals surface area contributed by atoms with Crippen molar-refractivity contribution in [2.45, 2.75) is 26.7 Å². The number of carbonyl (C=O) groups excluding carboxylic acids is 2. The molecule has 0 saturated heterocycles. The van der Waals surface area contributed by atoms with Crippen molar-refractivity contribution >= 4 is 11.6 Å². The Morgan fingerprint density at radius 1 is 1.62 bits per heavy atom. The fraction of sp³-hybridized carbons (Fsp3) is 0.571. The predicted octanol–water partition coefficient (Wildman–Crippen LogP) is 2.55.